The van der Waals surface area contributed by atoms with Gasteiger partial charge in [0.25, 0.3) is 0 Å². The molecule has 1 saturated carbocycles. The van der Waals surface area contributed by atoms with Crippen molar-refractivity contribution in [3.63, 3.8) is 0 Å². The largest absolute Gasteiger partial charge is 4.00 e. The van der Waals surface area contributed by atoms with Gasteiger partial charge in [-0.1, -0.05) is 32.1 Å². The van der Waals surface area contributed by atoms with E-state index in [9.17, 15) is 0 Å². The van der Waals surface area contributed by atoms with Crippen molar-refractivity contribution in [2.75, 3.05) is 28.2 Å². The first-order valence-corrected chi connectivity index (χ1v) is 5.51. The molecule has 0 aromatic carbocycles. The minimum absolute atomic E-state index is 0. The van der Waals surface area contributed by atoms with E-state index in [0.29, 0.717) is 0 Å². The van der Waals surface area contributed by atoms with Gasteiger partial charge in [-0.2, -0.15) is 34.6 Å². The second-order valence-electron chi connectivity index (χ2n) is 3.69. The SMILES string of the molecule is C[N-]C.C[N-]C.[CH2-]CCC1CCCC1.[CH3-].[Zr+4]. The van der Waals surface area contributed by atoms with Gasteiger partial charge in [0.05, 0.1) is 0 Å². The van der Waals surface area contributed by atoms with Crippen molar-refractivity contribution in [1.82, 2.24) is 0 Å². The summed E-state index contributed by atoms with van der Waals surface area (Å²) in [5.41, 5.74) is 0. The van der Waals surface area contributed by atoms with Crippen molar-refractivity contribution < 1.29 is 26.2 Å². The molecule has 0 saturated heterocycles. The summed E-state index contributed by atoms with van der Waals surface area (Å²) < 4.78 is 0. The van der Waals surface area contributed by atoms with Crippen LogP contribution in [0.2, 0.25) is 0 Å². The van der Waals surface area contributed by atoms with Crippen LogP contribution in [0.4, 0.5) is 0 Å². The number of hydrogen-bond donors (Lipinski definition) is 0. The topological polar surface area (TPSA) is 28.2 Å². The maximum absolute atomic E-state index is 3.85. The van der Waals surface area contributed by atoms with Crippen molar-refractivity contribution in [1.29, 1.82) is 0 Å². The summed E-state index contributed by atoms with van der Waals surface area (Å²) in [7, 11) is 7.00. The quantitative estimate of drug-likeness (QED) is 0.673. The molecular weight excluding hydrogens is 275 g/mol. The Morgan fingerprint density at radius 2 is 1.31 bits per heavy atom. The number of nitrogens with zero attached hydrogens (tertiary/aromatic N) is 2. The monoisotopic (exact) mass is 304 g/mol. The fourth-order valence-corrected chi connectivity index (χ4v) is 1.59. The van der Waals surface area contributed by atoms with Gasteiger partial charge in [0.2, 0.25) is 0 Å². The molecule has 0 spiro atoms. The molecule has 0 N–H and O–H groups in total. The first-order chi connectivity index (χ1) is 6.76. The zero-order valence-electron chi connectivity index (χ0n) is 11.9. The zero-order chi connectivity index (χ0) is 11.2. The molecule has 96 valence electrons. The third-order valence-electron chi connectivity index (χ3n) is 2.09. The fraction of sp³-hybridized carbons (Fsp3) is 0.846. The second kappa shape index (κ2) is 24.9. The van der Waals surface area contributed by atoms with Crippen molar-refractivity contribution in [2.24, 2.45) is 5.92 Å². The molecule has 0 amide bonds. The molecule has 3 heteroatoms. The molecule has 1 fully saturated rings. The van der Waals surface area contributed by atoms with Gasteiger partial charge in [-0.05, 0) is 5.92 Å². The van der Waals surface area contributed by atoms with Crippen LogP contribution in [-0.4, -0.2) is 28.2 Å². The number of hydrogen-bond acceptors (Lipinski definition) is 0. The third-order valence-corrected chi connectivity index (χ3v) is 2.09. The molecular formula is C13H30N2Zr. The summed E-state index contributed by atoms with van der Waals surface area (Å²) in [6.07, 6.45) is 8.44. The standard InChI is InChI=1S/C8H15.2C2H6N.CH3.Zr/c1-2-5-8-6-3-4-7-8;2*1-3-2;;/h8H,1-7H2;2*1-2H3;1H3;/q4*-1;+4. The molecule has 1 aliphatic rings. The summed E-state index contributed by atoms with van der Waals surface area (Å²) in [5, 5.41) is 7.00. The Morgan fingerprint density at radius 1 is 1.00 bits per heavy atom. The molecule has 0 atom stereocenters. The van der Waals surface area contributed by atoms with Gasteiger partial charge >= 0.3 is 26.2 Å². The summed E-state index contributed by atoms with van der Waals surface area (Å²) in [6.45, 7) is 3.85. The van der Waals surface area contributed by atoms with Gasteiger partial charge < -0.3 is 25.0 Å². The van der Waals surface area contributed by atoms with E-state index in [-0.39, 0.29) is 33.6 Å². The Labute approximate surface area is 123 Å². The van der Waals surface area contributed by atoms with Crippen LogP contribution in [-0.2, 0) is 26.2 Å². The molecule has 0 radical (unpaired) electrons. The summed E-state index contributed by atoms with van der Waals surface area (Å²) in [6, 6.07) is 0. The minimum atomic E-state index is 0. The molecule has 0 aliphatic heterocycles. The van der Waals surface area contributed by atoms with Crippen LogP contribution in [0, 0.1) is 20.3 Å². The van der Waals surface area contributed by atoms with E-state index in [1.165, 1.54) is 32.1 Å². The second-order valence-corrected chi connectivity index (χ2v) is 3.69. The van der Waals surface area contributed by atoms with Gasteiger partial charge in [0.15, 0.2) is 0 Å². The first kappa shape index (κ1) is 25.6. The summed E-state index contributed by atoms with van der Waals surface area (Å²) >= 11 is 0. The molecule has 1 aliphatic carbocycles. The summed E-state index contributed by atoms with van der Waals surface area (Å²) in [5.74, 6) is 1.05. The molecule has 2 nitrogen and oxygen atoms in total. The van der Waals surface area contributed by atoms with Crippen molar-refractivity contribution in [3.8, 4) is 0 Å². The minimum Gasteiger partial charge on any atom is -0.668 e. The van der Waals surface area contributed by atoms with E-state index in [4.69, 9.17) is 0 Å². The first-order valence-electron chi connectivity index (χ1n) is 5.51. The van der Waals surface area contributed by atoms with Crippen molar-refractivity contribution in [3.05, 3.63) is 25.0 Å². The van der Waals surface area contributed by atoms with Crippen molar-refractivity contribution >= 4 is 0 Å². The van der Waals surface area contributed by atoms with E-state index in [2.05, 4.69) is 17.6 Å². The van der Waals surface area contributed by atoms with Gasteiger partial charge in [0.1, 0.15) is 0 Å². The molecule has 0 aromatic rings. The van der Waals surface area contributed by atoms with E-state index < -0.39 is 0 Å². The Bertz CT molecular complexity index is 82.0. The van der Waals surface area contributed by atoms with E-state index in [1.807, 2.05) is 0 Å². The molecule has 0 bridgehead atoms. The third kappa shape index (κ3) is 24.2. The maximum atomic E-state index is 3.85. The molecule has 0 aromatic heterocycles. The average molecular weight is 306 g/mol. The van der Waals surface area contributed by atoms with Crippen LogP contribution in [0.25, 0.3) is 10.6 Å². The Morgan fingerprint density at radius 3 is 1.56 bits per heavy atom. The number of rotatable bonds is 2. The van der Waals surface area contributed by atoms with Gasteiger partial charge in [-0.3, -0.25) is 0 Å². The molecule has 16 heavy (non-hydrogen) atoms. The smallest absolute Gasteiger partial charge is 0.668 e. The normalized spacial score (nSPS) is 13.3. The van der Waals surface area contributed by atoms with E-state index in [0.717, 1.165) is 12.3 Å². The van der Waals surface area contributed by atoms with Gasteiger partial charge in [-0.15, -0.1) is 0 Å². The summed E-state index contributed by atoms with van der Waals surface area (Å²) in [4.78, 5) is 0. The maximum Gasteiger partial charge on any atom is 4.00 e. The predicted octanol–water partition coefficient (Wildman–Crippen LogP) is 4.48. The van der Waals surface area contributed by atoms with Crippen LogP contribution >= 0.6 is 0 Å². The van der Waals surface area contributed by atoms with Crippen LogP contribution in [0.5, 0.6) is 0 Å². The van der Waals surface area contributed by atoms with Crippen LogP contribution in [0.3, 0.4) is 0 Å². The van der Waals surface area contributed by atoms with E-state index in [1.54, 1.807) is 28.2 Å². The van der Waals surface area contributed by atoms with Crippen molar-refractivity contribution in [2.45, 2.75) is 38.5 Å². The predicted molar refractivity (Wildman–Crippen MR) is 73.4 cm³/mol. The van der Waals surface area contributed by atoms with Crippen LogP contribution in [0.15, 0.2) is 0 Å². The van der Waals surface area contributed by atoms with Gasteiger partial charge in [0, 0.05) is 0 Å². The van der Waals surface area contributed by atoms with E-state index >= 15 is 0 Å². The fourth-order valence-electron chi connectivity index (χ4n) is 1.59. The average Bonchev–Trinajstić information content (AvgIpc) is 2.60. The Balaban J connectivity index is -0.0000000785. The zero-order valence-corrected chi connectivity index (χ0v) is 14.4. The Kier molecular flexibility index (Phi) is 39.8. The molecule has 1 rings (SSSR count). The van der Waals surface area contributed by atoms with Gasteiger partial charge in [-0.25, -0.2) is 0 Å². The molecule has 0 heterocycles. The Hall–Kier alpha value is 0.803. The van der Waals surface area contributed by atoms with Crippen LogP contribution in [0.1, 0.15) is 38.5 Å². The molecule has 0 unspecified atom stereocenters. The van der Waals surface area contributed by atoms with Crippen LogP contribution < -0.4 is 0 Å².